The summed E-state index contributed by atoms with van der Waals surface area (Å²) in [4.78, 5) is 21.9. The van der Waals surface area contributed by atoms with Gasteiger partial charge in [-0.1, -0.05) is 41.9 Å². The first kappa shape index (κ1) is 15.7. The SMILES string of the molecule is O=C(Cc1ccccc1)N/N=C\c1cc([N+](=O)[O-])ccc1Cl. The van der Waals surface area contributed by atoms with Gasteiger partial charge in [-0.3, -0.25) is 14.9 Å². The van der Waals surface area contributed by atoms with E-state index in [0.29, 0.717) is 10.6 Å². The summed E-state index contributed by atoms with van der Waals surface area (Å²) in [5.74, 6) is -0.288. The molecule has 2 aromatic rings. The lowest BCUT2D eigenvalue weighted by atomic mass is 10.1. The minimum absolute atomic E-state index is 0.0959. The number of nitrogens with one attached hydrogen (secondary N) is 1. The Morgan fingerprint density at radius 2 is 2.00 bits per heavy atom. The molecule has 2 aromatic carbocycles. The number of amides is 1. The van der Waals surface area contributed by atoms with Gasteiger partial charge in [-0.2, -0.15) is 5.10 Å². The number of rotatable bonds is 5. The van der Waals surface area contributed by atoms with Crippen LogP contribution in [0.25, 0.3) is 0 Å². The van der Waals surface area contributed by atoms with Gasteiger partial charge in [0.2, 0.25) is 5.91 Å². The van der Waals surface area contributed by atoms with Gasteiger partial charge in [0.1, 0.15) is 0 Å². The number of hydrogen-bond donors (Lipinski definition) is 1. The van der Waals surface area contributed by atoms with Gasteiger partial charge < -0.3 is 0 Å². The number of halogens is 1. The number of carbonyl (C=O) groups excluding carboxylic acids is 1. The highest BCUT2D eigenvalue weighted by Gasteiger charge is 2.08. The molecule has 0 aliphatic carbocycles. The van der Waals surface area contributed by atoms with Crippen molar-refractivity contribution in [3.05, 3.63) is 74.8 Å². The van der Waals surface area contributed by atoms with Crippen LogP contribution in [0.3, 0.4) is 0 Å². The van der Waals surface area contributed by atoms with Crippen LogP contribution >= 0.6 is 11.6 Å². The Labute approximate surface area is 131 Å². The molecule has 0 fully saturated rings. The minimum Gasteiger partial charge on any atom is -0.273 e. The monoisotopic (exact) mass is 317 g/mol. The van der Waals surface area contributed by atoms with E-state index in [-0.39, 0.29) is 18.0 Å². The third kappa shape index (κ3) is 4.39. The highest BCUT2D eigenvalue weighted by Crippen LogP contribution is 2.20. The fraction of sp³-hybridized carbons (Fsp3) is 0.0667. The van der Waals surface area contributed by atoms with E-state index in [0.717, 1.165) is 5.56 Å². The van der Waals surface area contributed by atoms with Gasteiger partial charge in [0.25, 0.3) is 5.69 Å². The van der Waals surface area contributed by atoms with Crippen LogP contribution in [0.1, 0.15) is 11.1 Å². The second-order valence-electron chi connectivity index (χ2n) is 4.42. The highest BCUT2D eigenvalue weighted by atomic mass is 35.5. The minimum atomic E-state index is -0.526. The Hall–Kier alpha value is -2.73. The van der Waals surface area contributed by atoms with Crippen LogP contribution in [-0.4, -0.2) is 17.0 Å². The summed E-state index contributed by atoms with van der Waals surface area (Å²) in [6, 6.07) is 13.2. The molecule has 2 rings (SSSR count). The summed E-state index contributed by atoms with van der Waals surface area (Å²) in [7, 11) is 0. The van der Waals surface area contributed by atoms with Crippen molar-refractivity contribution in [2.24, 2.45) is 5.10 Å². The molecule has 0 aromatic heterocycles. The molecule has 1 amide bonds. The van der Waals surface area contributed by atoms with E-state index in [1.807, 2.05) is 30.3 Å². The van der Waals surface area contributed by atoms with Crippen molar-refractivity contribution < 1.29 is 9.72 Å². The number of hydrazone groups is 1. The molecule has 0 heterocycles. The number of nitrogens with zero attached hydrogens (tertiary/aromatic N) is 2. The zero-order valence-electron chi connectivity index (χ0n) is 11.4. The van der Waals surface area contributed by atoms with Crippen LogP contribution in [-0.2, 0) is 11.2 Å². The highest BCUT2D eigenvalue weighted by molar-refractivity contribution is 6.33. The summed E-state index contributed by atoms with van der Waals surface area (Å²) in [6.07, 6.45) is 1.47. The lowest BCUT2D eigenvalue weighted by Gasteiger charge is -2.01. The third-order valence-corrected chi connectivity index (χ3v) is 3.13. The van der Waals surface area contributed by atoms with Crippen molar-refractivity contribution in [2.45, 2.75) is 6.42 Å². The second kappa shape index (κ2) is 7.33. The molecule has 0 radical (unpaired) electrons. The summed E-state index contributed by atoms with van der Waals surface area (Å²) in [6.45, 7) is 0. The van der Waals surface area contributed by atoms with E-state index in [9.17, 15) is 14.9 Å². The Balaban J connectivity index is 1.99. The topological polar surface area (TPSA) is 84.6 Å². The third-order valence-electron chi connectivity index (χ3n) is 2.79. The Bertz CT molecular complexity index is 717. The molecule has 0 aliphatic rings. The number of carbonyl (C=O) groups is 1. The van der Waals surface area contributed by atoms with Gasteiger partial charge in [-0.25, -0.2) is 5.43 Å². The molecule has 0 unspecified atom stereocenters. The molecule has 6 nitrogen and oxygen atoms in total. The quantitative estimate of drug-likeness (QED) is 0.522. The molecule has 0 aliphatic heterocycles. The number of nitro benzene ring substituents is 1. The second-order valence-corrected chi connectivity index (χ2v) is 4.83. The van der Waals surface area contributed by atoms with Crippen molar-refractivity contribution in [3.8, 4) is 0 Å². The summed E-state index contributed by atoms with van der Waals surface area (Å²) in [5.41, 5.74) is 3.48. The summed E-state index contributed by atoms with van der Waals surface area (Å²) >= 11 is 5.92. The molecule has 0 bridgehead atoms. The Morgan fingerprint density at radius 3 is 2.68 bits per heavy atom. The van der Waals surface area contributed by atoms with E-state index in [1.165, 1.54) is 24.4 Å². The van der Waals surface area contributed by atoms with E-state index in [1.54, 1.807) is 0 Å². The van der Waals surface area contributed by atoms with Crippen molar-refractivity contribution in [1.82, 2.24) is 5.43 Å². The van der Waals surface area contributed by atoms with Crippen LogP contribution in [0.2, 0.25) is 5.02 Å². The zero-order chi connectivity index (χ0) is 15.9. The van der Waals surface area contributed by atoms with Crippen LogP contribution in [0, 0.1) is 10.1 Å². The molecular formula is C15H12ClN3O3. The predicted octanol–water partition coefficient (Wildman–Crippen LogP) is 2.94. The lowest BCUT2D eigenvalue weighted by Crippen LogP contribution is -2.19. The predicted molar refractivity (Wildman–Crippen MR) is 84.0 cm³/mol. The maximum absolute atomic E-state index is 11.7. The molecule has 1 N–H and O–H groups in total. The first-order chi connectivity index (χ1) is 10.6. The van der Waals surface area contributed by atoms with E-state index < -0.39 is 4.92 Å². The van der Waals surface area contributed by atoms with Crippen molar-refractivity contribution in [3.63, 3.8) is 0 Å². The maximum Gasteiger partial charge on any atom is 0.270 e. The lowest BCUT2D eigenvalue weighted by molar-refractivity contribution is -0.384. The Kier molecular flexibility index (Phi) is 5.21. The van der Waals surface area contributed by atoms with Gasteiger partial charge in [-0.15, -0.1) is 0 Å². The molecule has 0 saturated heterocycles. The van der Waals surface area contributed by atoms with E-state index in [2.05, 4.69) is 10.5 Å². The van der Waals surface area contributed by atoms with Crippen molar-refractivity contribution in [1.29, 1.82) is 0 Å². The smallest absolute Gasteiger partial charge is 0.270 e. The van der Waals surface area contributed by atoms with Crippen LogP contribution in [0.15, 0.2) is 53.6 Å². The number of hydrogen-bond acceptors (Lipinski definition) is 4. The number of benzene rings is 2. The first-order valence-electron chi connectivity index (χ1n) is 6.36. The fourth-order valence-corrected chi connectivity index (χ4v) is 1.90. The van der Waals surface area contributed by atoms with Gasteiger partial charge >= 0.3 is 0 Å². The maximum atomic E-state index is 11.7. The molecule has 112 valence electrons. The van der Waals surface area contributed by atoms with Crippen LogP contribution < -0.4 is 5.43 Å². The Morgan fingerprint density at radius 1 is 1.27 bits per heavy atom. The molecular weight excluding hydrogens is 306 g/mol. The van der Waals surface area contributed by atoms with Gasteiger partial charge in [0, 0.05) is 22.7 Å². The van der Waals surface area contributed by atoms with E-state index in [4.69, 9.17) is 11.6 Å². The standard InChI is InChI=1S/C15H12ClN3O3/c16-14-7-6-13(19(21)22)9-12(14)10-17-18-15(20)8-11-4-2-1-3-5-11/h1-7,9-10H,8H2,(H,18,20)/b17-10-. The molecule has 7 heteroatoms. The average molecular weight is 318 g/mol. The molecule has 0 saturated carbocycles. The van der Waals surface area contributed by atoms with Crippen LogP contribution in [0.4, 0.5) is 5.69 Å². The number of nitro groups is 1. The summed E-state index contributed by atoms with van der Waals surface area (Å²) in [5, 5.41) is 14.8. The summed E-state index contributed by atoms with van der Waals surface area (Å²) < 4.78 is 0. The molecule has 22 heavy (non-hydrogen) atoms. The average Bonchev–Trinajstić information content (AvgIpc) is 2.50. The van der Waals surface area contributed by atoms with E-state index >= 15 is 0 Å². The zero-order valence-corrected chi connectivity index (χ0v) is 12.2. The molecule has 0 atom stereocenters. The first-order valence-corrected chi connectivity index (χ1v) is 6.74. The normalized spacial score (nSPS) is 10.6. The fourth-order valence-electron chi connectivity index (χ4n) is 1.74. The molecule has 0 spiro atoms. The largest absolute Gasteiger partial charge is 0.273 e. The van der Waals surface area contributed by atoms with Crippen molar-refractivity contribution in [2.75, 3.05) is 0 Å². The number of non-ortho nitro benzene ring substituents is 1. The van der Waals surface area contributed by atoms with Gasteiger partial charge in [0.05, 0.1) is 17.6 Å². The van der Waals surface area contributed by atoms with Crippen molar-refractivity contribution >= 4 is 29.4 Å². The van der Waals surface area contributed by atoms with Gasteiger partial charge in [0.15, 0.2) is 0 Å². The van der Waals surface area contributed by atoms with Gasteiger partial charge in [-0.05, 0) is 11.6 Å². The van der Waals surface area contributed by atoms with Crippen LogP contribution in [0.5, 0.6) is 0 Å².